The lowest BCUT2D eigenvalue weighted by atomic mass is 10.1. The maximum absolute atomic E-state index is 12.2. The molecule has 128 valence electrons. The SMILES string of the molecule is COc1cc(/C=C2\C(=O)NC(=S)N(C)C2=O)cc(Cl)c1OC(C)C. The first-order valence-electron chi connectivity index (χ1n) is 7.13. The van der Waals surface area contributed by atoms with Gasteiger partial charge in [0.05, 0.1) is 18.2 Å². The largest absolute Gasteiger partial charge is 0.493 e. The number of nitrogens with one attached hydrogen (secondary N) is 1. The van der Waals surface area contributed by atoms with E-state index >= 15 is 0 Å². The summed E-state index contributed by atoms with van der Waals surface area (Å²) in [5, 5.41) is 2.84. The third kappa shape index (κ3) is 3.68. The number of hydrogen-bond donors (Lipinski definition) is 1. The van der Waals surface area contributed by atoms with Crippen LogP contribution in [0.1, 0.15) is 19.4 Å². The van der Waals surface area contributed by atoms with Crippen molar-refractivity contribution in [2.24, 2.45) is 0 Å². The number of nitrogens with zero attached hydrogens (tertiary/aromatic N) is 1. The fraction of sp³-hybridized carbons (Fsp3) is 0.312. The Morgan fingerprint density at radius 2 is 2.00 bits per heavy atom. The molecule has 1 aromatic rings. The van der Waals surface area contributed by atoms with Gasteiger partial charge in [-0.15, -0.1) is 0 Å². The zero-order chi connectivity index (χ0) is 18.0. The van der Waals surface area contributed by atoms with E-state index in [2.05, 4.69) is 5.32 Å². The van der Waals surface area contributed by atoms with E-state index in [0.29, 0.717) is 22.1 Å². The predicted octanol–water partition coefficient (Wildman–Crippen LogP) is 2.39. The van der Waals surface area contributed by atoms with Crippen LogP contribution in [-0.4, -0.2) is 42.1 Å². The zero-order valence-electron chi connectivity index (χ0n) is 13.7. The highest BCUT2D eigenvalue weighted by Gasteiger charge is 2.30. The summed E-state index contributed by atoms with van der Waals surface area (Å²) in [5.41, 5.74) is 0.495. The number of halogens is 1. The monoisotopic (exact) mass is 368 g/mol. The first-order valence-corrected chi connectivity index (χ1v) is 7.92. The minimum absolute atomic E-state index is 0.0400. The molecular weight excluding hydrogens is 352 g/mol. The Hall–Kier alpha value is -2.12. The molecule has 1 N–H and O–H groups in total. The molecule has 0 atom stereocenters. The highest BCUT2D eigenvalue weighted by molar-refractivity contribution is 7.80. The van der Waals surface area contributed by atoms with Gasteiger partial charge in [-0.05, 0) is 49.8 Å². The number of carbonyl (C=O) groups excluding carboxylic acids is 2. The van der Waals surface area contributed by atoms with E-state index < -0.39 is 11.8 Å². The van der Waals surface area contributed by atoms with E-state index in [0.717, 1.165) is 0 Å². The van der Waals surface area contributed by atoms with Crippen molar-refractivity contribution in [1.82, 2.24) is 10.2 Å². The molecule has 1 aliphatic rings. The van der Waals surface area contributed by atoms with Gasteiger partial charge in [0.2, 0.25) is 0 Å². The summed E-state index contributed by atoms with van der Waals surface area (Å²) < 4.78 is 10.9. The molecule has 8 heteroatoms. The number of amides is 2. The summed E-state index contributed by atoms with van der Waals surface area (Å²) in [6.07, 6.45) is 1.35. The van der Waals surface area contributed by atoms with Crippen molar-refractivity contribution in [2.45, 2.75) is 20.0 Å². The third-order valence-corrected chi connectivity index (χ3v) is 3.88. The van der Waals surface area contributed by atoms with Crippen LogP contribution < -0.4 is 14.8 Å². The summed E-state index contributed by atoms with van der Waals surface area (Å²) in [6.45, 7) is 3.74. The smallest absolute Gasteiger partial charge is 0.265 e. The Balaban J connectivity index is 2.46. The van der Waals surface area contributed by atoms with E-state index in [1.54, 1.807) is 12.1 Å². The Morgan fingerprint density at radius 3 is 2.58 bits per heavy atom. The molecule has 0 aromatic heterocycles. The van der Waals surface area contributed by atoms with Crippen LogP contribution in [0.5, 0.6) is 11.5 Å². The Kier molecular flexibility index (Phi) is 5.46. The van der Waals surface area contributed by atoms with Gasteiger partial charge in [0.15, 0.2) is 16.6 Å². The van der Waals surface area contributed by atoms with Crippen molar-refractivity contribution < 1.29 is 19.1 Å². The van der Waals surface area contributed by atoms with Gasteiger partial charge in [-0.3, -0.25) is 19.8 Å². The van der Waals surface area contributed by atoms with Gasteiger partial charge in [0.1, 0.15) is 5.57 Å². The molecule has 1 aliphatic heterocycles. The number of benzene rings is 1. The van der Waals surface area contributed by atoms with Crippen molar-refractivity contribution in [3.63, 3.8) is 0 Å². The molecule has 1 aromatic carbocycles. The van der Waals surface area contributed by atoms with E-state index in [9.17, 15) is 9.59 Å². The maximum Gasteiger partial charge on any atom is 0.265 e. The van der Waals surface area contributed by atoms with E-state index in [-0.39, 0.29) is 16.8 Å². The van der Waals surface area contributed by atoms with Crippen LogP contribution in [-0.2, 0) is 9.59 Å². The van der Waals surface area contributed by atoms with Gasteiger partial charge >= 0.3 is 0 Å². The number of hydrogen-bond acceptors (Lipinski definition) is 5. The quantitative estimate of drug-likeness (QED) is 0.502. The van der Waals surface area contributed by atoms with Crippen LogP contribution in [0, 0.1) is 0 Å². The lowest BCUT2D eigenvalue weighted by Gasteiger charge is -2.25. The molecule has 0 aliphatic carbocycles. The average molecular weight is 369 g/mol. The Bertz CT molecular complexity index is 746. The highest BCUT2D eigenvalue weighted by Crippen LogP contribution is 2.37. The summed E-state index contributed by atoms with van der Waals surface area (Å²) in [6, 6.07) is 3.24. The molecule has 0 spiro atoms. The Labute approximate surface area is 150 Å². The average Bonchev–Trinajstić information content (AvgIpc) is 2.51. The van der Waals surface area contributed by atoms with Gasteiger partial charge in [0, 0.05) is 7.05 Å². The lowest BCUT2D eigenvalue weighted by Crippen LogP contribution is -2.52. The first kappa shape index (κ1) is 18.2. The van der Waals surface area contributed by atoms with Gasteiger partial charge in [0.25, 0.3) is 11.8 Å². The van der Waals surface area contributed by atoms with E-state index in [1.165, 1.54) is 25.1 Å². The van der Waals surface area contributed by atoms with Crippen LogP contribution >= 0.6 is 23.8 Å². The minimum Gasteiger partial charge on any atom is -0.493 e. The summed E-state index contributed by atoms with van der Waals surface area (Å²) in [7, 11) is 2.98. The van der Waals surface area contributed by atoms with Gasteiger partial charge < -0.3 is 9.47 Å². The zero-order valence-corrected chi connectivity index (χ0v) is 15.2. The van der Waals surface area contributed by atoms with Crippen LogP contribution in [0.15, 0.2) is 17.7 Å². The third-order valence-electron chi connectivity index (χ3n) is 3.22. The molecule has 6 nitrogen and oxygen atoms in total. The number of likely N-dealkylation sites (N-methyl/N-ethyl adjacent to an activating group) is 1. The van der Waals surface area contributed by atoms with Crippen molar-refractivity contribution in [2.75, 3.05) is 14.2 Å². The van der Waals surface area contributed by atoms with Crippen molar-refractivity contribution in [1.29, 1.82) is 0 Å². The van der Waals surface area contributed by atoms with E-state index in [1.807, 2.05) is 13.8 Å². The highest BCUT2D eigenvalue weighted by atomic mass is 35.5. The van der Waals surface area contributed by atoms with Crippen molar-refractivity contribution in [3.8, 4) is 11.5 Å². The number of carbonyl (C=O) groups is 2. The number of methoxy groups -OCH3 is 1. The molecule has 1 saturated heterocycles. The number of rotatable bonds is 4. The molecule has 0 unspecified atom stereocenters. The normalized spacial score (nSPS) is 16.7. The second kappa shape index (κ2) is 7.19. The molecule has 0 radical (unpaired) electrons. The van der Waals surface area contributed by atoms with Crippen molar-refractivity contribution >= 4 is 46.8 Å². The lowest BCUT2D eigenvalue weighted by molar-refractivity contribution is -0.128. The number of ether oxygens (including phenoxy) is 2. The summed E-state index contributed by atoms with van der Waals surface area (Å²) >= 11 is 11.2. The second-order valence-corrected chi connectivity index (χ2v) is 6.18. The van der Waals surface area contributed by atoms with Gasteiger partial charge in [-0.2, -0.15) is 0 Å². The van der Waals surface area contributed by atoms with Crippen LogP contribution in [0.2, 0.25) is 5.02 Å². The van der Waals surface area contributed by atoms with Crippen molar-refractivity contribution in [3.05, 3.63) is 28.3 Å². The topological polar surface area (TPSA) is 67.9 Å². The van der Waals surface area contributed by atoms with Gasteiger partial charge in [-0.1, -0.05) is 11.6 Å². The maximum atomic E-state index is 12.2. The molecule has 2 amide bonds. The fourth-order valence-corrected chi connectivity index (χ4v) is 2.52. The molecule has 1 fully saturated rings. The molecule has 2 rings (SSSR count). The second-order valence-electron chi connectivity index (χ2n) is 5.38. The van der Waals surface area contributed by atoms with Crippen LogP contribution in [0.3, 0.4) is 0 Å². The summed E-state index contributed by atoms with van der Waals surface area (Å²) in [4.78, 5) is 25.4. The molecule has 0 saturated carbocycles. The van der Waals surface area contributed by atoms with Crippen LogP contribution in [0.25, 0.3) is 6.08 Å². The van der Waals surface area contributed by atoms with Gasteiger partial charge in [-0.25, -0.2) is 0 Å². The van der Waals surface area contributed by atoms with E-state index in [4.69, 9.17) is 33.3 Å². The predicted molar refractivity (Wildman–Crippen MR) is 95.3 cm³/mol. The Morgan fingerprint density at radius 1 is 1.33 bits per heavy atom. The standard InChI is InChI=1S/C16H17ClN2O4S/c1-8(2)23-13-11(17)6-9(7-12(13)22-4)5-10-14(20)18-16(24)19(3)15(10)21/h5-8H,1-4H3,(H,18,20,24)/b10-5+. The fourth-order valence-electron chi connectivity index (χ4n) is 2.09. The number of thiocarbonyl (C=S) groups is 1. The molecular formula is C16H17ClN2O4S. The van der Waals surface area contributed by atoms with Crippen LogP contribution in [0.4, 0.5) is 0 Å². The minimum atomic E-state index is -0.555. The first-order chi connectivity index (χ1) is 11.2. The summed E-state index contributed by atoms with van der Waals surface area (Å²) in [5.74, 6) is -0.216. The molecule has 0 bridgehead atoms. The molecule has 1 heterocycles. The molecule has 24 heavy (non-hydrogen) atoms.